The predicted molar refractivity (Wildman–Crippen MR) is 91.1 cm³/mol. The third kappa shape index (κ3) is 3.41. The Balaban J connectivity index is 2.28. The van der Waals surface area contributed by atoms with Crippen molar-refractivity contribution >= 4 is 51.5 Å². The van der Waals surface area contributed by atoms with E-state index in [2.05, 4.69) is 33.3 Å². The summed E-state index contributed by atoms with van der Waals surface area (Å²) in [5.74, 6) is 5.23. The molecule has 0 unspecified atom stereocenters. The highest BCUT2D eigenvalue weighted by Gasteiger charge is 2.12. The van der Waals surface area contributed by atoms with Crippen LogP contribution in [-0.4, -0.2) is 5.91 Å². The second-order valence-corrected chi connectivity index (χ2v) is 5.87. The average molecular weight is 402 g/mol. The maximum absolute atomic E-state index is 12.3. The first-order valence-corrected chi connectivity index (χ1v) is 7.30. The van der Waals surface area contributed by atoms with Gasteiger partial charge in [0.15, 0.2) is 0 Å². The van der Waals surface area contributed by atoms with Gasteiger partial charge in [-0.05, 0) is 65.4 Å². The standard InChI is InChI=1S/C14H13ClIN3O/c1-8-2-4-10(13(6-8)19-17)14(20)18-12-5-3-9(15)7-11(12)16/h2-7,19H,17H2,1H3,(H,18,20). The van der Waals surface area contributed by atoms with Gasteiger partial charge >= 0.3 is 0 Å². The Labute approximate surface area is 135 Å². The van der Waals surface area contributed by atoms with Crippen LogP contribution < -0.4 is 16.6 Å². The third-order valence-electron chi connectivity index (χ3n) is 2.75. The van der Waals surface area contributed by atoms with Crippen molar-refractivity contribution in [2.24, 2.45) is 5.84 Å². The van der Waals surface area contributed by atoms with Crippen molar-refractivity contribution in [3.05, 3.63) is 56.1 Å². The van der Waals surface area contributed by atoms with Crippen LogP contribution in [0.25, 0.3) is 0 Å². The number of halogens is 2. The van der Waals surface area contributed by atoms with Crippen molar-refractivity contribution in [2.45, 2.75) is 6.92 Å². The molecule has 2 rings (SSSR count). The first-order valence-electron chi connectivity index (χ1n) is 5.85. The number of carbonyl (C=O) groups is 1. The van der Waals surface area contributed by atoms with Crippen LogP contribution >= 0.6 is 34.2 Å². The lowest BCUT2D eigenvalue weighted by Gasteiger charge is -2.11. The van der Waals surface area contributed by atoms with E-state index in [0.717, 1.165) is 9.13 Å². The molecule has 0 aliphatic rings. The summed E-state index contributed by atoms with van der Waals surface area (Å²) < 4.78 is 0.873. The molecular formula is C14H13ClIN3O. The van der Waals surface area contributed by atoms with Crippen LogP contribution in [0.1, 0.15) is 15.9 Å². The van der Waals surface area contributed by atoms with E-state index in [1.54, 1.807) is 24.3 Å². The Morgan fingerprint density at radius 2 is 1.95 bits per heavy atom. The molecule has 0 fully saturated rings. The van der Waals surface area contributed by atoms with Crippen LogP contribution in [0.15, 0.2) is 36.4 Å². The Morgan fingerprint density at radius 1 is 1.20 bits per heavy atom. The van der Waals surface area contributed by atoms with E-state index in [0.29, 0.717) is 22.0 Å². The Hall–Kier alpha value is -1.31. The van der Waals surface area contributed by atoms with Crippen LogP contribution in [0.5, 0.6) is 0 Å². The highest BCUT2D eigenvalue weighted by molar-refractivity contribution is 14.1. The van der Waals surface area contributed by atoms with Crippen molar-refractivity contribution in [1.82, 2.24) is 0 Å². The average Bonchev–Trinajstić information content (AvgIpc) is 2.41. The van der Waals surface area contributed by atoms with E-state index in [4.69, 9.17) is 17.4 Å². The number of carbonyl (C=O) groups excluding carboxylic acids is 1. The van der Waals surface area contributed by atoms with Gasteiger partial charge in [-0.2, -0.15) is 0 Å². The Bertz CT molecular complexity index is 661. The summed E-state index contributed by atoms with van der Waals surface area (Å²) in [5.41, 5.74) is 5.36. The number of nitrogens with one attached hydrogen (secondary N) is 2. The fourth-order valence-electron chi connectivity index (χ4n) is 1.76. The van der Waals surface area contributed by atoms with Crippen LogP contribution in [0.2, 0.25) is 5.02 Å². The second kappa shape index (κ2) is 6.43. The lowest BCUT2D eigenvalue weighted by Crippen LogP contribution is -2.17. The zero-order chi connectivity index (χ0) is 14.7. The maximum Gasteiger partial charge on any atom is 0.257 e. The Kier molecular flexibility index (Phi) is 4.85. The lowest BCUT2D eigenvalue weighted by atomic mass is 10.1. The van der Waals surface area contributed by atoms with Gasteiger partial charge in [0.2, 0.25) is 0 Å². The van der Waals surface area contributed by atoms with Gasteiger partial charge in [0, 0.05) is 8.59 Å². The summed E-state index contributed by atoms with van der Waals surface area (Å²) >= 11 is 8.01. The van der Waals surface area contributed by atoms with Gasteiger partial charge in [0.25, 0.3) is 5.91 Å². The molecule has 2 aromatic carbocycles. The van der Waals surface area contributed by atoms with Gasteiger partial charge in [-0.3, -0.25) is 10.6 Å². The van der Waals surface area contributed by atoms with E-state index >= 15 is 0 Å². The van der Waals surface area contributed by atoms with Gasteiger partial charge in [-0.15, -0.1) is 0 Å². The molecule has 104 valence electrons. The van der Waals surface area contributed by atoms with Crippen molar-refractivity contribution in [2.75, 3.05) is 10.7 Å². The van der Waals surface area contributed by atoms with E-state index in [1.165, 1.54) is 0 Å². The molecule has 0 atom stereocenters. The lowest BCUT2D eigenvalue weighted by molar-refractivity contribution is 0.102. The van der Waals surface area contributed by atoms with Crippen molar-refractivity contribution in [3.8, 4) is 0 Å². The van der Waals surface area contributed by atoms with Crippen LogP contribution in [0, 0.1) is 10.5 Å². The van der Waals surface area contributed by atoms with Crippen molar-refractivity contribution < 1.29 is 4.79 Å². The Morgan fingerprint density at radius 3 is 2.60 bits per heavy atom. The molecule has 0 saturated carbocycles. The van der Waals surface area contributed by atoms with Gasteiger partial charge in [-0.1, -0.05) is 17.7 Å². The molecule has 20 heavy (non-hydrogen) atoms. The first-order chi connectivity index (χ1) is 9.51. The molecule has 0 aromatic heterocycles. The minimum absolute atomic E-state index is 0.224. The first kappa shape index (κ1) is 15.1. The molecule has 0 aliphatic heterocycles. The van der Waals surface area contributed by atoms with Crippen molar-refractivity contribution in [1.29, 1.82) is 0 Å². The van der Waals surface area contributed by atoms with E-state index < -0.39 is 0 Å². The second-order valence-electron chi connectivity index (χ2n) is 4.27. The van der Waals surface area contributed by atoms with E-state index in [-0.39, 0.29) is 5.91 Å². The fourth-order valence-corrected chi connectivity index (χ4v) is 2.76. The topological polar surface area (TPSA) is 67.2 Å². The van der Waals surface area contributed by atoms with E-state index in [9.17, 15) is 4.79 Å². The molecule has 4 nitrogen and oxygen atoms in total. The number of hydrogen-bond donors (Lipinski definition) is 3. The molecule has 0 spiro atoms. The minimum atomic E-state index is -0.224. The normalized spacial score (nSPS) is 10.2. The van der Waals surface area contributed by atoms with Crippen LogP contribution in [0.3, 0.4) is 0 Å². The number of rotatable bonds is 3. The monoisotopic (exact) mass is 401 g/mol. The summed E-state index contributed by atoms with van der Waals surface area (Å²) in [6, 6.07) is 10.7. The highest BCUT2D eigenvalue weighted by Crippen LogP contribution is 2.24. The smallest absolute Gasteiger partial charge is 0.257 e. The van der Waals surface area contributed by atoms with Gasteiger partial charge in [0.05, 0.1) is 16.9 Å². The highest BCUT2D eigenvalue weighted by atomic mass is 127. The maximum atomic E-state index is 12.3. The molecule has 0 aliphatic carbocycles. The summed E-state index contributed by atoms with van der Waals surface area (Å²) in [5, 5.41) is 3.48. The molecule has 0 radical (unpaired) electrons. The summed E-state index contributed by atoms with van der Waals surface area (Å²) in [6.45, 7) is 1.94. The largest absolute Gasteiger partial charge is 0.323 e. The third-order valence-corrected chi connectivity index (χ3v) is 3.88. The molecule has 1 amide bonds. The number of hydrogen-bond acceptors (Lipinski definition) is 3. The molecule has 2 aromatic rings. The number of anilines is 2. The fraction of sp³-hybridized carbons (Fsp3) is 0.0714. The van der Waals surface area contributed by atoms with Gasteiger partial charge in [-0.25, -0.2) is 0 Å². The SMILES string of the molecule is Cc1ccc(C(=O)Nc2ccc(Cl)cc2I)c(NN)c1. The molecule has 4 N–H and O–H groups in total. The van der Waals surface area contributed by atoms with E-state index in [1.807, 2.05) is 19.1 Å². The van der Waals surface area contributed by atoms with Gasteiger partial charge < -0.3 is 10.7 Å². The zero-order valence-electron chi connectivity index (χ0n) is 10.7. The number of nitrogen functional groups attached to an aromatic ring is 1. The molecule has 0 bridgehead atoms. The number of aryl methyl sites for hydroxylation is 1. The molecular weight excluding hydrogens is 389 g/mol. The number of hydrazine groups is 1. The summed E-state index contributed by atoms with van der Waals surface area (Å²) in [4.78, 5) is 12.3. The molecule has 6 heteroatoms. The molecule has 0 saturated heterocycles. The minimum Gasteiger partial charge on any atom is -0.323 e. The van der Waals surface area contributed by atoms with Gasteiger partial charge in [0.1, 0.15) is 0 Å². The predicted octanol–water partition coefficient (Wildman–Crippen LogP) is 3.79. The van der Waals surface area contributed by atoms with Crippen molar-refractivity contribution in [3.63, 3.8) is 0 Å². The quantitative estimate of drug-likeness (QED) is 0.416. The van der Waals surface area contributed by atoms with Crippen LogP contribution in [-0.2, 0) is 0 Å². The number of nitrogens with two attached hydrogens (primary N) is 1. The molecule has 0 heterocycles. The number of benzene rings is 2. The number of amides is 1. The summed E-state index contributed by atoms with van der Waals surface area (Å²) in [6.07, 6.45) is 0. The summed E-state index contributed by atoms with van der Waals surface area (Å²) in [7, 11) is 0. The van der Waals surface area contributed by atoms with Crippen LogP contribution in [0.4, 0.5) is 11.4 Å². The zero-order valence-corrected chi connectivity index (χ0v) is 13.6.